The lowest BCUT2D eigenvalue weighted by atomic mass is 9.97. The Bertz CT molecular complexity index is 610. The van der Waals surface area contributed by atoms with E-state index in [1.807, 2.05) is 48.5 Å². The highest BCUT2D eigenvalue weighted by Crippen LogP contribution is 2.70. The summed E-state index contributed by atoms with van der Waals surface area (Å²) in [4.78, 5) is 0.00324. The predicted molar refractivity (Wildman–Crippen MR) is 74.1 cm³/mol. The number of fused-ring (bicyclic) bond motifs is 5. The maximum absolute atomic E-state index is 14.2. The van der Waals surface area contributed by atoms with Crippen molar-refractivity contribution in [3.8, 4) is 0 Å². The molecular formula is C16H11BrF2. The lowest BCUT2D eigenvalue weighted by molar-refractivity contribution is 0.104. The summed E-state index contributed by atoms with van der Waals surface area (Å²) < 4.78 is 28.3. The minimum atomic E-state index is -2.61. The first-order valence-electron chi connectivity index (χ1n) is 6.32. The maximum Gasteiger partial charge on any atom is 0.263 e. The van der Waals surface area contributed by atoms with Gasteiger partial charge >= 0.3 is 0 Å². The van der Waals surface area contributed by atoms with E-state index in [2.05, 4.69) is 15.9 Å². The van der Waals surface area contributed by atoms with E-state index in [0.29, 0.717) is 0 Å². The molecular weight excluding hydrogens is 310 g/mol. The van der Waals surface area contributed by atoms with Crippen molar-refractivity contribution in [1.82, 2.24) is 0 Å². The Labute approximate surface area is 118 Å². The Kier molecular flexibility index (Phi) is 2.23. The van der Waals surface area contributed by atoms with Gasteiger partial charge in [0.2, 0.25) is 0 Å². The van der Waals surface area contributed by atoms with Crippen molar-refractivity contribution in [3.05, 3.63) is 70.8 Å². The van der Waals surface area contributed by atoms with Crippen LogP contribution < -0.4 is 0 Å². The average Bonchev–Trinajstić information content (AvgIpc) is 3.02. The Morgan fingerprint density at radius 3 is 1.53 bits per heavy atom. The van der Waals surface area contributed by atoms with E-state index in [1.54, 1.807) is 0 Å². The molecule has 2 aliphatic carbocycles. The standard InChI is InChI=1S/C16H11BrF2/c17-15-11-7-3-1-5-9(11)13-14(16(13,18)19)10-6-2-4-8-12(10)15/h1-8,13-15H/t13-,14+,15+. The number of hydrogen-bond acceptors (Lipinski definition) is 0. The van der Waals surface area contributed by atoms with Gasteiger partial charge in [-0.05, 0) is 22.3 Å². The Balaban J connectivity index is 2.02. The summed E-state index contributed by atoms with van der Waals surface area (Å²) in [6.07, 6.45) is 0. The van der Waals surface area contributed by atoms with Gasteiger partial charge in [0.15, 0.2) is 0 Å². The molecule has 0 spiro atoms. The minimum absolute atomic E-state index is 0.00324. The van der Waals surface area contributed by atoms with Crippen LogP contribution in [-0.2, 0) is 0 Å². The topological polar surface area (TPSA) is 0 Å². The van der Waals surface area contributed by atoms with Crippen LogP contribution in [0.2, 0.25) is 0 Å². The number of halogens is 3. The van der Waals surface area contributed by atoms with Crippen LogP contribution in [-0.4, -0.2) is 5.92 Å². The summed E-state index contributed by atoms with van der Waals surface area (Å²) in [5, 5.41) is 0. The van der Waals surface area contributed by atoms with Crippen LogP contribution in [0.5, 0.6) is 0 Å². The molecule has 0 amide bonds. The fourth-order valence-corrected chi connectivity index (χ4v) is 4.15. The molecule has 1 saturated carbocycles. The van der Waals surface area contributed by atoms with Crippen LogP contribution in [0.4, 0.5) is 8.78 Å². The van der Waals surface area contributed by atoms with Crippen molar-refractivity contribution in [2.75, 3.05) is 0 Å². The minimum Gasteiger partial charge on any atom is -0.205 e. The lowest BCUT2D eigenvalue weighted by Gasteiger charge is -2.16. The van der Waals surface area contributed by atoms with Gasteiger partial charge in [-0.3, -0.25) is 0 Å². The second kappa shape index (κ2) is 3.66. The molecule has 2 aromatic rings. The Morgan fingerprint density at radius 1 is 0.737 bits per heavy atom. The van der Waals surface area contributed by atoms with Crippen molar-refractivity contribution < 1.29 is 8.78 Å². The van der Waals surface area contributed by atoms with Gasteiger partial charge in [0, 0.05) is 0 Å². The van der Waals surface area contributed by atoms with Crippen molar-refractivity contribution in [3.63, 3.8) is 0 Å². The second-order valence-electron chi connectivity index (χ2n) is 5.25. The van der Waals surface area contributed by atoms with Gasteiger partial charge in [-0.1, -0.05) is 64.5 Å². The SMILES string of the molecule is FC1(F)[C@@H]2c3ccccc3[C@H](Br)c3ccccc3[C@@H]21. The highest BCUT2D eigenvalue weighted by Gasteiger charge is 2.70. The van der Waals surface area contributed by atoms with Gasteiger partial charge in [0.05, 0.1) is 16.7 Å². The van der Waals surface area contributed by atoms with Crippen LogP contribution in [0.3, 0.4) is 0 Å². The fourth-order valence-electron chi connectivity index (χ4n) is 3.32. The molecule has 96 valence electrons. The Hall–Kier alpha value is -1.22. The molecule has 4 rings (SSSR count). The van der Waals surface area contributed by atoms with Gasteiger partial charge in [-0.25, -0.2) is 8.78 Å². The largest absolute Gasteiger partial charge is 0.263 e. The predicted octanol–water partition coefficient (Wildman–Crippen LogP) is 5.00. The molecule has 0 N–H and O–H groups in total. The molecule has 3 atom stereocenters. The van der Waals surface area contributed by atoms with Crippen LogP contribution in [0.15, 0.2) is 48.5 Å². The zero-order valence-corrected chi connectivity index (χ0v) is 11.6. The first kappa shape index (κ1) is 11.6. The molecule has 0 radical (unpaired) electrons. The molecule has 0 aliphatic heterocycles. The molecule has 3 heteroatoms. The second-order valence-corrected chi connectivity index (χ2v) is 6.17. The third-order valence-electron chi connectivity index (χ3n) is 4.26. The number of alkyl halides is 3. The van der Waals surface area contributed by atoms with Gasteiger partial charge in [0.1, 0.15) is 0 Å². The summed E-state index contributed by atoms with van der Waals surface area (Å²) in [5.41, 5.74) is 3.52. The molecule has 0 unspecified atom stereocenters. The molecule has 2 aliphatic rings. The molecule has 19 heavy (non-hydrogen) atoms. The van der Waals surface area contributed by atoms with E-state index >= 15 is 0 Å². The van der Waals surface area contributed by atoms with E-state index in [1.165, 1.54) is 0 Å². The molecule has 1 fully saturated rings. The summed E-state index contributed by atoms with van der Waals surface area (Å²) in [7, 11) is 0. The van der Waals surface area contributed by atoms with E-state index in [4.69, 9.17) is 0 Å². The summed E-state index contributed by atoms with van der Waals surface area (Å²) in [6, 6.07) is 15.1. The number of hydrogen-bond donors (Lipinski definition) is 0. The number of rotatable bonds is 0. The molecule has 0 bridgehead atoms. The third kappa shape index (κ3) is 1.42. The smallest absolute Gasteiger partial charge is 0.205 e. The highest BCUT2D eigenvalue weighted by atomic mass is 79.9. The Morgan fingerprint density at radius 2 is 1.11 bits per heavy atom. The molecule has 2 aromatic carbocycles. The molecule has 0 heterocycles. The summed E-state index contributed by atoms with van der Waals surface area (Å²) >= 11 is 3.68. The lowest BCUT2D eigenvalue weighted by Crippen LogP contribution is -2.04. The first-order chi connectivity index (χ1) is 9.12. The van der Waals surface area contributed by atoms with Crippen molar-refractivity contribution in [1.29, 1.82) is 0 Å². The van der Waals surface area contributed by atoms with Gasteiger partial charge < -0.3 is 0 Å². The van der Waals surface area contributed by atoms with E-state index in [0.717, 1.165) is 22.3 Å². The average molecular weight is 321 g/mol. The van der Waals surface area contributed by atoms with E-state index in [9.17, 15) is 8.78 Å². The monoisotopic (exact) mass is 320 g/mol. The van der Waals surface area contributed by atoms with Crippen molar-refractivity contribution >= 4 is 15.9 Å². The third-order valence-corrected chi connectivity index (χ3v) is 5.25. The number of benzene rings is 2. The van der Waals surface area contributed by atoms with Crippen molar-refractivity contribution in [2.24, 2.45) is 0 Å². The van der Waals surface area contributed by atoms with Crippen LogP contribution in [0, 0.1) is 0 Å². The summed E-state index contributed by atoms with van der Waals surface area (Å²) in [6.45, 7) is 0. The van der Waals surface area contributed by atoms with Crippen molar-refractivity contribution in [2.45, 2.75) is 22.6 Å². The fraction of sp³-hybridized carbons (Fsp3) is 0.250. The molecule has 0 nitrogen and oxygen atoms in total. The van der Waals surface area contributed by atoms with Crippen LogP contribution in [0.1, 0.15) is 38.9 Å². The van der Waals surface area contributed by atoms with Crippen LogP contribution >= 0.6 is 15.9 Å². The maximum atomic E-state index is 14.2. The highest BCUT2D eigenvalue weighted by molar-refractivity contribution is 9.09. The van der Waals surface area contributed by atoms with Gasteiger partial charge in [0.25, 0.3) is 5.92 Å². The van der Waals surface area contributed by atoms with E-state index in [-0.39, 0.29) is 4.83 Å². The normalized spacial score (nSPS) is 29.7. The van der Waals surface area contributed by atoms with E-state index < -0.39 is 17.8 Å². The quantitative estimate of drug-likeness (QED) is 0.599. The van der Waals surface area contributed by atoms with Crippen LogP contribution in [0.25, 0.3) is 0 Å². The molecule has 0 saturated heterocycles. The summed E-state index contributed by atoms with van der Waals surface area (Å²) in [5.74, 6) is -3.93. The van der Waals surface area contributed by atoms with Gasteiger partial charge in [-0.15, -0.1) is 0 Å². The van der Waals surface area contributed by atoms with Gasteiger partial charge in [-0.2, -0.15) is 0 Å². The zero-order chi connectivity index (χ0) is 13.2. The molecule has 0 aromatic heterocycles. The first-order valence-corrected chi connectivity index (χ1v) is 7.23. The zero-order valence-electron chi connectivity index (χ0n) is 9.98.